The van der Waals surface area contributed by atoms with Crippen molar-refractivity contribution in [2.45, 2.75) is 44.9 Å². The van der Waals surface area contributed by atoms with E-state index in [1.165, 1.54) is 12.8 Å². The van der Waals surface area contributed by atoms with Gasteiger partial charge in [-0.15, -0.1) is 0 Å². The first-order valence-electron chi connectivity index (χ1n) is 7.19. The third kappa shape index (κ3) is 3.83. The number of nitrogens with one attached hydrogen (secondary N) is 1. The van der Waals surface area contributed by atoms with Crippen LogP contribution in [0.5, 0.6) is 0 Å². The van der Waals surface area contributed by atoms with Crippen LogP contribution in [0.3, 0.4) is 0 Å². The number of carbonyl (C=O) groups is 2. The Kier molecular flexibility index (Phi) is 4.77. The maximum atomic E-state index is 12.0. The van der Waals surface area contributed by atoms with E-state index in [1.54, 1.807) is 31.2 Å². The molecule has 0 aliphatic heterocycles. The molecule has 20 heavy (non-hydrogen) atoms. The average Bonchev–Trinajstić information content (AvgIpc) is 2.90. The Hall–Kier alpha value is -1.84. The van der Waals surface area contributed by atoms with Crippen molar-refractivity contribution in [2.24, 2.45) is 5.92 Å². The highest BCUT2D eigenvalue weighted by Crippen LogP contribution is 2.28. The van der Waals surface area contributed by atoms with Crippen molar-refractivity contribution < 1.29 is 14.7 Å². The molecule has 2 rings (SSSR count). The minimum absolute atomic E-state index is 0.0250. The number of carbonyl (C=O) groups excluding carboxylic acids is 1. The zero-order valence-electron chi connectivity index (χ0n) is 11.8. The van der Waals surface area contributed by atoms with Crippen LogP contribution in [0.1, 0.15) is 50.5 Å². The van der Waals surface area contributed by atoms with Crippen molar-refractivity contribution in [3.05, 3.63) is 29.8 Å². The van der Waals surface area contributed by atoms with E-state index in [0.29, 0.717) is 23.6 Å². The lowest BCUT2D eigenvalue weighted by atomic mass is 10.0. The molecule has 0 aromatic heterocycles. The van der Waals surface area contributed by atoms with Gasteiger partial charge in [-0.25, -0.2) is 0 Å². The number of rotatable bonds is 5. The number of carboxylic acid groups (broad SMARTS) is 1. The molecule has 1 aromatic rings. The van der Waals surface area contributed by atoms with E-state index >= 15 is 0 Å². The molecule has 1 aliphatic carbocycles. The molecule has 0 saturated heterocycles. The quantitative estimate of drug-likeness (QED) is 0.865. The highest BCUT2D eigenvalue weighted by Gasteiger charge is 2.19. The first-order chi connectivity index (χ1) is 9.56. The van der Waals surface area contributed by atoms with Crippen molar-refractivity contribution in [1.29, 1.82) is 0 Å². The number of carboxylic acids is 1. The fourth-order valence-corrected chi connectivity index (χ4v) is 2.72. The first-order valence-corrected chi connectivity index (χ1v) is 7.19. The van der Waals surface area contributed by atoms with Crippen LogP contribution in [0, 0.1) is 5.92 Å². The summed E-state index contributed by atoms with van der Waals surface area (Å²) in [6.45, 7) is 1.64. The van der Waals surface area contributed by atoms with Crippen molar-refractivity contribution in [3.63, 3.8) is 0 Å². The zero-order valence-corrected chi connectivity index (χ0v) is 11.8. The number of benzene rings is 1. The van der Waals surface area contributed by atoms with Gasteiger partial charge in [-0.2, -0.15) is 0 Å². The molecule has 0 radical (unpaired) electrons. The van der Waals surface area contributed by atoms with E-state index in [0.717, 1.165) is 12.8 Å². The van der Waals surface area contributed by atoms with E-state index in [1.807, 2.05) is 0 Å². The smallest absolute Gasteiger partial charge is 0.310 e. The lowest BCUT2D eigenvalue weighted by molar-refractivity contribution is -0.138. The minimum Gasteiger partial charge on any atom is -0.481 e. The molecule has 1 unspecified atom stereocenters. The van der Waals surface area contributed by atoms with Crippen molar-refractivity contribution in [2.75, 3.05) is 5.32 Å². The van der Waals surface area contributed by atoms with Gasteiger partial charge in [0.25, 0.3) is 0 Å². The summed E-state index contributed by atoms with van der Waals surface area (Å²) >= 11 is 0. The Balaban J connectivity index is 1.96. The molecule has 1 atom stereocenters. The highest BCUT2D eigenvalue weighted by molar-refractivity contribution is 5.91. The molecule has 108 valence electrons. The predicted molar refractivity (Wildman–Crippen MR) is 77.7 cm³/mol. The Labute approximate surface area is 119 Å². The number of hydrogen-bond acceptors (Lipinski definition) is 2. The van der Waals surface area contributed by atoms with Gasteiger partial charge in [0.1, 0.15) is 0 Å². The monoisotopic (exact) mass is 275 g/mol. The molecule has 0 bridgehead atoms. The third-order valence-corrected chi connectivity index (χ3v) is 3.99. The standard InChI is InChI=1S/C16H21NO3/c1-11(16(19)20)13-7-4-8-14(10-13)17-15(18)9-12-5-2-3-6-12/h4,7-8,10-12H,2-3,5-6,9H2,1H3,(H,17,18)(H,19,20). The largest absolute Gasteiger partial charge is 0.481 e. The van der Waals surface area contributed by atoms with Crippen molar-refractivity contribution >= 4 is 17.6 Å². The summed E-state index contributed by atoms with van der Waals surface area (Å²) in [5.41, 5.74) is 1.38. The van der Waals surface area contributed by atoms with Gasteiger partial charge in [0.15, 0.2) is 0 Å². The Bertz CT molecular complexity index is 492. The third-order valence-electron chi connectivity index (χ3n) is 3.99. The van der Waals surface area contributed by atoms with Crippen LogP contribution in [0.2, 0.25) is 0 Å². The van der Waals surface area contributed by atoms with E-state index < -0.39 is 11.9 Å². The molecule has 1 fully saturated rings. The van der Waals surface area contributed by atoms with E-state index in [9.17, 15) is 9.59 Å². The second-order valence-electron chi connectivity index (χ2n) is 5.59. The molecule has 1 aliphatic rings. The van der Waals surface area contributed by atoms with Crippen molar-refractivity contribution in [3.8, 4) is 0 Å². The fraction of sp³-hybridized carbons (Fsp3) is 0.500. The van der Waals surface area contributed by atoms with Crippen molar-refractivity contribution in [1.82, 2.24) is 0 Å². The number of hydrogen-bond donors (Lipinski definition) is 2. The normalized spacial score (nSPS) is 16.9. The van der Waals surface area contributed by atoms with Crippen LogP contribution in [-0.2, 0) is 9.59 Å². The SMILES string of the molecule is CC(C(=O)O)c1cccc(NC(=O)CC2CCCC2)c1. The fourth-order valence-electron chi connectivity index (χ4n) is 2.72. The lowest BCUT2D eigenvalue weighted by Crippen LogP contribution is -2.15. The number of amides is 1. The van der Waals surface area contributed by atoms with E-state index in [2.05, 4.69) is 5.32 Å². The van der Waals surface area contributed by atoms with Crippen LogP contribution < -0.4 is 5.32 Å². The highest BCUT2D eigenvalue weighted by atomic mass is 16.4. The van der Waals surface area contributed by atoms with Gasteiger partial charge in [-0.3, -0.25) is 9.59 Å². The minimum atomic E-state index is -0.862. The van der Waals surface area contributed by atoms with Crippen LogP contribution in [0.4, 0.5) is 5.69 Å². The second-order valence-corrected chi connectivity index (χ2v) is 5.59. The molecule has 1 aromatic carbocycles. The summed E-state index contributed by atoms with van der Waals surface area (Å²) in [5, 5.41) is 11.9. The zero-order chi connectivity index (χ0) is 14.5. The maximum Gasteiger partial charge on any atom is 0.310 e. The predicted octanol–water partition coefficient (Wildman–Crippen LogP) is 3.39. The molecule has 4 nitrogen and oxygen atoms in total. The van der Waals surface area contributed by atoms with E-state index in [4.69, 9.17) is 5.11 Å². The summed E-state index contributed by atoms with van der Waals surface area (Å²) in [4.78, 5) is 22.9. The maximum absolute atomic E-state index is 12.0. The van der Waals surface area contributed by atoms with Crippen LogP contribution in [0.25, 0.3) is 0 Å². The van der Waals surface area contributed by atoms with Gasteiger partial charge in [0, 0.05) is 12.1 Å². The van der Waals surface area contributed by atoms with Crippen LogP contribution in [0.15, 0.2) is 24.3 Å². The second kappa shape index (κ2) is 6.55. The first kappa shape index (κ1) is 14.6. The van der Waals surface area contributed by atoms with Gasteiger partial charge in [-0.05, 0) is 43.4 Å². The summed E-state index contributed by atoms with van der Waals surface area (Å²) in [5.74, 6) is -0.894. The van der Waals surface area contributed by atoms with Gasteiger partial charge in [0.05, 0.1) is 5.92 Å². The van der Waals surface area contributed by atoms with E-state index in [-0.39, 0.29) is 5.91 Å². The number of aliphatic carboxylic acids is 1. The average molecular weight is 275 g/mol. The molecule has 4 heteroatoms. The Morgan fingerprint density at radius 3 is 2.70 bits per heavy atom. The summed E-state index contributed by atoms with van der Waals surface area (Å²) in [7, 11) is 0. The van der Waals surface area contributed by atoms with Crippen LogP contribution in [-0.4, -0.2) is 17.0 Å². The van der Waals surface area contributed by atoms with Gasteiger partial charge < -0.3 is 10.4 Å². The van der Waals surface area contributed by atoms with Gasteiger partial charge >= 0.3 is 5.97 Å². The van der Waals surface area contributed by atoms with Crippen LogP contribution >= 0.6 is 0 Å². The molecule has 0 spiro atoms. The summed E-state index contributed by atoms with van der Waals surface area (Å²) < 4.78 is 0. The number of anilines is 1. The Morgan fingerprint density at radius 2 is 2.05 bits per heavy atom. The topological polar surface area (TPSA) is 66.4 Å². The lowest BCUT2D eigenvalue weighted by Gasteiger charge is -2.12. The summed E-state index contributed by atoms with van der Waals surface area (Å²) in [6.07, 6.45) is 5.30. The Morgan fingerprint density at radius 1 is 1.35 bits per heavy atom. The van der Waals surface area contributed by atoms with Gasteiger partial charge in [-0.1, -0.05) is 25.0 Å². The molecule has 0 heterocycles. The summed E-state index contributed by atoms with van der Waals surface area (Å²) in [6, 6.07) is 7.08. The molecule has 1 amide bonds. The molecular weight excluding hydrogens is 254 g/mol. The molecular formula is C16H21NO3. The van der Waals surface area contributed by atoms with Gasteiger partial charge in [0.2, 0.25) is 5.91 Å². The molecule has 1 saturated carbocycles. The molecule has 2 N–H and O–H groups in total.